The van der Waals surface area contributed by atoms with Crippen molar-refractivity contribution in [1.82, 2.24) is 4.98 Å². The van der Waals surface area contributed by atoms with E-state index >= 15 is 0 Å². The van der Waals surface area contributed by atoms with Crippen LogP contribution in [0.3, 0.4) is 0 Å². The van der Waals surface area contributed by atoms with E-state index in [9.17, 15) is 4.79 Å². The van der Waals surface area contributed by atoms with Gasteiger partial charge in [-0.2, -0.15) is 0 Å². The monoisotopic (exact) mass is 270 g/mol. The van der Waals surface area contributed by atoms with Crippen molar-refractivity contribution in [3.05, 3.63) is 54.4 Å². The molecular weight excluding hydrogens is 252 g/mol. The number of nitrogens with zero attached hydrogens (tertiary/aromatic N) is 1. The minimum atomic E-state index is -0.0101. The summed E-state index contributed by atoms with van der Waals surface area (Å²) in [5.41, 5.74) is 1.93. The topological polar surface area (TPSA) is 51.2 Å². The largest absolute Gasteiger partial charge is 0.494 e. The first-order valence-electron chi connectivity index (χ1n) is 6.63. The molecule has 1 heterocycles. The average molecular weight is 270 g/mol. The van der Waals surface area contributed by atoms with Crippen molar-refractivity contribution in [2.24, 2.45) is 0 Å². The van der Waals surface area contributed by atoms with Crippen LogP contribution in [-0.2, 0) is 4.79 Å². The highest BCUT2D eigenvalue weighted by Gasteiger charge is 2.02. The van der Waals surface area contributed by atoms with Gasteiger partial charge in [0.25, 0.3) is 0 Å². The summed E-state index contributed by atoms with van der Waals surface area (Å²) in [4.78, 5) is 15.6. The number of rotatable bonds is 6. The van der Waals surface area contributed by atoms with Crippen molar-refractivity contribution in [3.63, 3.8) is 0 Å². The number of amides is 1. The first-order chi connectivity index (χ1) is 9.74. The maximum absolute atomic E-state index is 11.7. The van der Waals surface area contributed by atoms with E-state index in [1.54, 1.807) is 24.5 Å². The smallest absolute Gasteiger partial charge is 0.224 e. The molecule has 4 heteroatoms. The Morgan fingerprint density at radius 2 is 2.05 bits per heavy atom. The van der Waals surface area contributed by atoms with Crippen molar-refractivity contribution in [2.45, 2.75) is 19.8 Å². The molecule has 0 bridgehead atoms. The highest BCUT2D eigenvalue weighted by atomic mass is 16.5. The van der Waals surface area contributed by atoms with E-state index in [0.29, 0.717) is 19.4 Å². The third-order valence-corrected chi connectivity index (χ3v) is 2.77. The lowest BCUT2D eigenvalue weighted by Gasteiger charge is -2.07. The van der Waals surface area contributed by atoms with E-state index in [1.165, 1.54) is 0 Å². The molecule has 0 aliphatic rings. The standard InChI is InChI=1S/C16H18N2O2/c1-13-4-2-5-15(12-13)20-11-3-6-16(19)18-14-7-9-17-10-8-14/h2,4-5,7-10,12H,3,6,11H2,1H3,(H,17,18,19). The first kappa shape index (κ1) is 14.1. The van der Waals surface area contributed by atoms with Gasteiger partial charge in [-0.15, -0.1) is 0 Å². The van der Waals surface area contributed by atoms with Crippen molar-refractivity contribution >= 4 is 11.6 Å². The number of benzene rings is 1. The second kappa shape index (κ2) is 7.28. The molecule has 0 saturated heterocycles. The normalized spacial score (nSPS) is 10.1. The van der Waals surface area contributed by atoms with Gasteiger partial charge in [-0.3, -0.25) is 9.78 Å². The molecule has 2 aromatic rings. The van der Waals surface area contributed by atoms with Gasteiger partial charge >= 0.3 is 0 Å². The lowest BCUT2D eigenvalue weighted by Crippen LogP contribution is -2.12. The summed E-state index contributed by atoms with van der Waals surface area (Å²) in [5, 5.41) is 2.82. The van der Waals surface area contributed by atoms with Crippen molar-refractivity contribution < 1.29 is 9.53 Å². The highest BCUT2D eigenvalue weighted by Crippen LogP contribution is 2.13. The van der Waals surface area contributed by atoms with E-state index in [-0.39, 0.29) is 5.91 Å². The van der Waals surface area contributed by atoms with Crippen molar-refractivity contribution in [3.8, 4) is 5.75 Å². The van der Waals surface area contributed by atoms with Gasteiger partial charge in [0.15, 0.2) is 0 Å². The Hall–Kier alpha value is -2.36. The van der Waals surface area contributed by atoms with Crippen LogP contribution in [0.4, 0.5) is 5.69 Å². The van der Waals surface area contributed by atoms with Gasteiger partial charge in [-0.1, -0.05) is 12.1 Å². The molecule has 0 saturated carbocycles. The Bertz CT molecular complexity index is 555. The third kappa shape index (κ3) is 4.72. The predicted molar refractivity (Wildman–Crippen MR) is 78.8 cm³/mol. The molecule has 1 N–H and O–H groups in total. The Morgan fingerprint density at radius 1 is 1.25 bits per heavy atom. The van der Waals surface area contributed by atoms with Crippen molar-refractivity contribution in [1.29, 1.82) is 0 Å². The maximum atomic E-state index is 11.7. The Labute approximate surface area is 118 Å². The van der Waals surface area contributed by atoms with Gasteiger partial charge in [-0.05, 0) is 43.2 Å². The zero-order valence-electron chi connectivity index (χ0n) is 11.5. The molecule has 4 nitrogen and oxygen atoms in total. The van der Waals surface area contributed by atoms with Crippen LogP contribution in [0.15, 0.2) is 48.8 Å². The summed E-state index contributed by atoms with van der Waals surface area (Å²) >= 11 is 0. The zero-order valence-corrected chi connectivity index (χ0v) is 11.5. The Morgan fingerprint density at radius 3 is 2.80 bits per heavy atom. The summed E-state index contributed by atoms with van der Waals surface area (Å²) in [6.07, 6.45) is 4.42. The molecule has 20 heavy (non-hydrogen) atoms. The zero-order chi connectivity index (χ0) is 14.2. The number of carbonyl (C=O) groups is 1. The fourth-order valence-electron chi connectivity index (χ4n) is 1.79. The van der Waals surface area contributed by atoms with Crippen LogP contribution >= 0.6 is 0 Å². The van der Waals surface area contributed by atoms with Crippen molar-refractivity contribution in [2.75, 3.05) is 11.9 Å². The molecule has 1 aromatic carbocycles. The molecule has 0 aliphatic heterocycles. The third-order valence-electron chi connectivity index (χ3n) is 2.77. The van der Waals surface area contributed by atoms with Gasteiger partial charge in [-0.25, -0.2) is 0 Å². The number of nitrogens with one attached hydrogen (secondary N) is 1. The molecule has 0 unspecified atom stereocenters. The molecule has 1 aromatic heterocycles. The Kier molecular flexibility index (Phi) is 5.12. The number of carbonyl (C=O) groups excluding carboxylic acids is 1. The average Bonchev–Trinajstić information content (AvgIpc) is 2.45. The van der Waals surface area contributed by atoms with E-state index in [1.807, 2.05) is 31.2 Å². The second-order valence-corrected chi connectivity index (χ2v) is 4.55. The molecule has 104 valence electrons. The van der Waals surface area contributed by atoms with E-state index in [2.05, 4.69) is 10.3 Å². The van der Waals surface area contributed by atoms with Gasteiger partial charge in [0.2, 0.25) is 5.91 Å². The van der Waals surface area contributed by atoms with Gasteiger partial charge in [0, 0.05) is 24.5 Å². The van der Waals surface area contributed by atoms with Crippen LogP contribution in [0, 0.1) is 6.92 Å². The maximum Gasteiger partial charge on any atom is 0.224 e. The number of aryl methyl sites for hydroxylation is 1. The summed E-state index contributed by atoms with van der Waals surface area (Å²) < 4.78 is 5.60. The highest BCUT2D eigenvalue weighted by molar-refractivity contribution is 5.90. The number of ether oxygens (including phenoxy) is 1. The van der Waals surface area contributed by atoms with Gasteiger partial charge < -0.3 is 10.1 Å². The van der Waals surface area contributed by atoms with Crippen LogP contribution in [0.25, 0.3) is 0 Å². The fourth-order valence-corrected chi connectivity index (χ4v) is 1.79. The number of aromatic nitrogens is 1. The number of hydrogen-bond acceptors (Lipinski definition) is 3. The number of anilines is 1. The summed E-state index contributed by atoms with van der Waals surface area (Å²) in [6, 6.07) is 11.4. The number of hydrogen-bond donors (Lipinski definition) is 1. The minimum absolute atomic E-state index is 0.0101. The van der Waals surface area contributed by atoms with Crippen LogP contribution in [-0.4, -0.2) is 17.5 Å². The Balaban J connectivity index is 1.67. The summed E-state index contributed by atoms with van der Waals surface area (Å²) in [5.74, 6) is 0.837. The minimum Gasteiger partial charge on any atom is -0.494 e. The van der Waals surface area contributed by atoms with Crippen LogP contribution in [0.2, 0.25) is 0 Å². The molecule has 0 fully saturated rings. The molecule has 0 radical (unpaired) electrons. The fraction of sp³-hybridized carbons (Fsp3) is 0.250. The quantitative estimate of drug-likeness (QED) is 0.820. The molecule has 0 spiro atoms. The molecule has 2 rings (SSSR count). The molecular formula is C16H18N2O2. The summed E-state index contributed by atoms with van der Waals surface area (Å²) in [6.45, 7) is 2.56. The van der Waals surface area contributed by atoms with E-state index in [0.717, 1.165) is 17.0 Å². The lowest BCUT2D eigenvalue weighted by molar-refractivity contribution is -0.116. The molecule has 0 aliphatic carbocycles. The second-order valence-electron chi connectivity index (χ2n) is 4.55. The predicted octanol–water partition coefficient (Wildman–Crippen LogP) is 3.19. The molecule has 1 amide bonds. The lowest BCUT2D eigenvalue weighted by atomic mass is 10.2. The van der Waals surface area contributed by atoms with Crippen LogP contribution in [0.5, 0.6) is 5.75 Å². The van der Waals surface area contributed by atoms with E-state index in [4.69, 9.17) is 4.74 Å². The SMILES string of the molecule is Cc1cccc(OCCCC(=O)Nc2ccncc2)c1. The molecule has 0 atom stereocenters. The first-order valence-corrected chi connectivity index (χ1v) is 6.63. The number of pyridine rings is 1. The van der Waals surface area contributed by atoms with Gasteiger partial charge in [0.05, 0.1) is 6.61 Å². The van der Waals surface area contributed by atoms with E-state index < -0.39 is 0 Å². The van der Waals surface area contributed by atoms with Crippen LogP contribution < -0.4 is 10.1 Å². The van der Waals surface area contributed by atoms with Crippen LogP contribution in [0.1, 0.15) is 18.4 Å². The van der Waals surface area contributed by atoms with Gasteiger partial charge in [0.1, 0.15) is 5.75 Å². The summed E-state index contributed by atoms with van der Waals surface area (Å²) in [7, 11) is 0.